The van der Waals surface area contributed by atoms with Crippen molar-refractivity contribution in [2.24, 2.45) is 0 Å². The van der Waals surface area contributed by atoms with Crippen LogP contribution in [-0.4, -0.2) is 19.2 Å². The van der Waals surface area contributed by atoms with Crippen molar-refractivity contribution in [2.75, 3.05) is 19.5 Å². The van der Waals surface area contributed by atoms with Crippen molar-refractivity contribution in [3.63, 3.8) is 0 Å². The monoisotopic (exact) mass is 348 g/mol. The molecule has 1 aromatic heterocycles. The second-order valence-corrected chi connectivity index (χ2v) is 4.79. The normalized spacial score (nSPS) is 12.0. The Bertz CT molecular complexity index is 744. The summed E-state index contributed by atoms with van der Waals surface area (Å²) in [6.07, 6.45) is 0. The van der Waals surface area contributed by atoms with Gasteiger partial charge in [-0.3, -0.25) is 0 Å². The van der Waals surface area contributed by atoms with Crippen molar-refractivity contribution < 1.29 is 31.4 Å². The number of benzene rings is 1. The number of pyridine rings is 1. The van der Waals surface area contributed by atoms with Gasteiger partial charge in [0.05, 0.1) is 20.3 Å². The van der Waals surface area contributed by atoms with E-state index in [9.17, 15) is 22.0 Å². The number of nitrogens with zero attached hydrogens (tertiary/aromatic N) is 1. The van der Waals surface area contributed by atoms with Crippen LogP contribution in [0.4, 0.5) is 27.6 Å². The fourth-order valence-corrected chi connectivity index (χ4v) is 2.11. The van der Waals surface area contributed by atoms with Gasteiger partial charge in [-0.1, -0.05) is 0 Å². The van der Waals surface area contributed by atoms with E-state index in [4.69, 9.17) is 9.47 Å². The van der Waals surface area contributed by atoms with Crippen LogP contribution in [0.3, 0.4) is 0 Å². The summed E-state index contributed by atoms with van der Waals surface area (Å²) in [7, 11) is 2.64. The van der Waals surface area contributed by atoms with E-state index in [-0.39, 0.29) is 17.1 Å². The van der Waals surface area contributed by atoms with Gasteiger partial charge in [0.25, 0.3) is 11.9 Å². The highest BCUT2D eigenvalue weighted by molar-refractivity contribution is 5.50. The van der Waals surface area contributed by atoms with Crippen LogP contribution in [0.5, 0.6) is 11.5 Å². The molecule has 130 valence electrons. The number of nitrogens with one attached hydrogen (secondary N) is 1. The molecular weight excluding hydrogens is 335 g/mol. The molecule has 1 atom stereocenters. The summed E-state index contributed by atoms with van der Waals surface area (Å²) in [5.41, 5.74) is -1.13. The van der Waals surface area contributed by atoms with E-state index >= 15 is 0 Å². The smallest absolute Gasteiger partial charge is 0.253 e. The zero-order valence-electron chi connectivity index (χ0n) is 12.9. The summed E-state index contributed by atoms with van der Waals surface area (Å²) in [4.78, 5) is 2.45. The van der Waals surface area contributed by atoms with Gasteiger partial charge in [0.1, 0.15) is 11.5 Å². The molecule has 2 rings (SSSR count). The van der Waals surface area contributed by atoms with Crippen LogP contribution >= 0.6 is 0 Å². The fourth-order valence-electron chi connectivity index (χ4n) is 2.11. The van der Waals surface area contributed by atoms with E-state index in [1.54, 1.807) is 0 Å². The van der Waals surface area contributed by atoms with Crippen LogP contribution in [0.2, 0.25) is 0 Å². The number of hydrogen-bond donors (Lipinski definition) is 1. The molecule has 1 heterocycles. The van der Waals surface area contributed by atoms with E-state index in [0.29, 0.717) is 0 Å². The van der Waals surface area contributed by atoms with Crippen molar-refractivity contribution in [3.05, 3.63) is 47.0 Å². The number of halogens is 5. The lowest BCUT2D eigenvalue weighted by molar-refractivity contribution is 0.351. The Morgan fingerprint density at radius 2 is 1.42 bits per heavy atom. The summed E-state index contributed by atoms with van der Waals surface area (Å²) in [5.74, 6) is -7.50. The second-order valence-electron chi connectivity index (χ2n) is 4.79. The highest BCUT2D eigenvalue weighted by Gasteiger charge is 2.24. The molecule has 1 aromatic carbocycles. The van der Waals surface area contributed by atoms with Crippen molar-refractivity contribution in [1.82, 2.24) is 4.98 Å². The van der Waals surface area contributed by atoms with Crippen LogP contribution in [0.25, 0.3) is 0 Å². The van der Waals surface area contributed by atoms with Crippen LogP contribution in [0.1, 0.15) is 18.5 Å². The van der Waals surface area contributed by atoms with Gasteiger partial charge in [0.15, 0.2) is 11.5 Å². The maximum Gasteiger partial charge on any atom is 0.253 e. The van der Waals surface area contributed by atoms with Gasteiger partial charge in [0, 0.05) is 11.6 Å². The second kappa shape index (κ2) is 6.90. The van der Waals surface area contributed by atoms with Gasteiger partial charge in [0.2, 0.25) is 11.6 Å². The van der Waals surface area contributed by atoms with Crippen molar-refractivity contribution >= 4 is 5.69 Å². The molecule has 0 aliphatic rings. The molecule has 0 aliphatic carbocycles. The minimum Gasteiger partial charge on any atom is -0.493 e. The molecule has 1 unspecified atom stereocenters. The van der Waals surface area contributed by atoms with Gasteiger partial charge in [-0.05, 0) is 13.0 Å². The van der Waals surface area contributed by atoms with Crippen LogP contribution in [-0.2, 0) is 0 Å². The predicted octanol–water partition coefficient (Wildman–Crippen LogP) is 3.97. The Kier molecular flexibility index (Phi) is 5.10. The predicted molar refractivity (Wildman–Crippen MR) is 75.6 cm³/mol. The molecule has 0 saturated carbocycles. The molecule has 9 heteroatoms. The summed E-state index contributed by atoms with van der Waals surface area (Å²) in [6.45, 7) is 1.35. The Balaban J connectivity index is 2.43. The Hall–Kier alpha value is -2.58. The number of ether oxygens (including phenoxy) is 2. The first-order valence-electron chi connectivity index (χ1n) is 6.68. The maximum atomic E-state index is 14.1. The lowest BCUT2D eigenvalue weighted by atomic mass is 10.1. The van der Waals surface area contributed by atoms with E-state index in [0.717, 1.165) is 6.07 Å². The highest BCUT2D eigenvalue weighted by Crippen LogP contribution is 2.34. The third-order valence-electron chi connectivity index (χ3n) is 3.33. The number of rotatable bonds is 5. The number of anilines is 1. The largest absolute Gasteiger partial charge is 0.493 e. The van der Waals surface area contributed by atoms with Crippen molar-refractivity contribution in [2.45, 2.75) is 13.0 Å². The first-order valence-corrected chi connectivity index (χ1v) is 6.68. The number of methoxy groups -OCH3 is 2. The summed E-state index contributed by atoms with van der Waals surface area (Å²) >= 11 is 0. The van der Waals surface area contributed by atoms with E-state index in [1.807, 2.05) is 0 Å². The number of hydrogen-bond acceptors (Lipinski definition) is 4. The van der Waals surface area contributed by atoms with Crippen LogP contribution in [0.15, 0.2) is 12.1 Å². The molecule has 0 saturated heterocycles. The average molecular weight is 348 g/mol. The minimum atomic E-state index is -1.81. The van der Waals surface area contributed by atoms with Crippen molar-refractivity contribution in [3.8, 4) is 11.5 Å². The average Bonchev–Trinajstić information content (AvgIpc) is 2.56. The SMILES string of the molecule is COc1cc(F)c(C(C)Nc2c(F)c(F)nc(F)c2F)cc1OC. The van der Waals surface area contributed by atoms with Gasteiger partial charge < -0.3 is 14.8 Å². The molecule has 1 N–H and O–H groups in total. The standard InChI is InChI=1S/C15H13F5N2O2/c1-6(7-4-9(23-2)10(24-3)5-8(7)16)21-13-11(17)14(19)22-15(20)12(13)18/h4-6H,1-3H3,(H,21,22). The number of aromatic nitrogens is 1. The molecule has 0 fully saturated rings. The Morgan fingerprint density at radius 1 is 0.917 bits per heavy atom. The van der Waals surface area contributed by atoms with Crippen LogP contribution < -0.4 is 14.8 Å². The molecule has 0 radical (unpaired) electrons. The quantitative estimate of drug-likeness (QED) is 0.656. The first-order chi connectivity index (χ1) is 11.3. The highest BCUT2D eigenvalue weighted by atomic mass is 19.2. The topological polar surface area (TPSA) is 43.4 Å². The molecule has 2 aromatic rings. The zero-order valence-corrected chi connectivity index (χ0v) is 12.9. The molecule has 0 aliphatic heterocycles. The molecule has 0 spiro atoms. The van der Waals surface area contributed by atoms with E-state index < -0.39 is 41.1 Å². The Morgan fingerprint density at radius 3 is 1.92 bits per heavy atom. The molecular formula is C15H13F5N2O2. The zero-order chi connectivity index (χ0) is 18.0. The van der Waals surface area contributed by atoms with Gasteiger partial charge in [-0.15, -0.1) is 0 Å². The van der Waals surface area contributed by atoms with Gasteiger partial charge in [-0.2, -0.15) is 22.5 Å². The van der Waals surface area contributed by atoms with Gasteiger partial charge in [-0.25, -0.2) is 4.39 Å². The molecule has 4 nitrogen and oxygen atoms in total. The summed E-state index contributed by atoms with van der Waals surface area (Å²) < 4.78 is 77.6. The summed E-state index contributed by atoms with van der Waals surface area (Å²) in [6, 6.07) is 1.22. The minimum absolute atomic E-state index is 0.0518. The molecule has 24 heavy (non-hydrogen) atoms. The van der Waals surface area contributed by atoms with Crippen LogP contribution in [0, 0.1) is 29.3 Å². The van der Waals surface area contributed by atoms with Gasteiger partial charge >= 0.3 is 0 Å². The van der Waals surface area contributed by atoms with E-state index in [2.05, 4.69) is 10.3 Å². The van der Waals surface area contributed by atoms with Crippen molar-refractivity contribution in [1.29, 1.82) is 0 Å². The summed E-state index contributed by atoms with van der Waals surface area (Å²) in [5, 5.41) is 2.20. The Labute approximate surface area is 134 Å². The lowest BCUT2D eigenvalue weighted by Crippen LogP contribution is -2.14. The van der Waals surface area contributed by atoms with E-state index in [1.165, 1.54) is 27.2 Å². The third kappa shape index (κ3) is 3.19. The maximum absolute atomic E-state index is 14.1. The third-order valence-corrected chi connectivity index (χ3v) is 3.33. The molecule has 0 amide bonds. The fraction of sp³-hybridized carbons (Fsp3) is 0.267. The lowest BCUT2D eigenvalue weighted by Gasteiger charge is -2.19. The first kappa shape index (κ1) is 17.8. The molecule has 0 bridgehead atoms.